The number of amides is 1. The van der Waals surface area contributed by atoms with E-state index in [2.05, 4.69) is 25.7 Å². The summed E-state index contributed by atoms with van der Waals surface area (Å²) >= 11 is 0. The number of carbonyl (C=O) groups excluding carboxylic acids is 1. The number of hydrogen-bond donors (Lipinski definition) is 0. The average Bonchev–Trinajstić information content (AvgIpc) is 2.45. The van der Waals surface area contributed by atoms with Crippen LogP contribution in [0.15, 0.2) is 24.3 Å². The van der Waals surface area contributed by atoms with Crippen molar-refractivity contribution in [3.63, 3.8) is 0 Å². The molecule has 0 spiro atoms. The third-order valence-corrected chi connectivity index (χ3v) is 5.02. The van der Waals surface area contributed by atoms with Gasteiger partial charge in [-0.2, -0.15) is 0 Å². The minimum Gasteiger partial charge on any atom is -0.369 e. The standard InChI is InChI=1S/C17H28N2O3S/c1-7-19(13(2)3)16-10-8-15(9-11-16)17(20)18(5)14(4)12-23(6,21)22/h8-11,13-14H,7,12H2,1-6H3/t14-/m1/s1. The molecule has 1 amide bonds. The maximum absolute atomic E-state index is 12.5. The van der Waals surface area contributed by atoms with Crippen molar-refractivity contribution in [2.75, 3.05) is 30.5 Å². The van der Waals surface area contributed by atoms with E-state index in [1.165, 1.54) is 11.2 Å². The normalized spacial score (nSPS) is 13.0. The van der Waals surface area contributed by atoms with Crippen molar-refractivity contribution in [2.24, 2.45) is 0 Å². The molecule has 0 N–H and O–H groups in total. The van der Waals surface area contributed by atoms with Crippen molar-refractivity contribution in [2.45, 2.75) is 39.8 Å². The van der Waals surface area contributed by atoms with Gasteiger partial charge < -0.3 is 9.80 Å². The second-order valence-corrected chi connectivity index (χ2v) is 8.47. The zero-order chi connectivity index (χ0) is 17.8. The maximum atomic E-state index is 12.5. The lowest BCUT2D eigenvalue weighted by molar-refractivity contribution is 0.0757. The molecule has 0 aliphatic heterocycles. The monoisotopic (exact) mass is 340 g/mol. The summed E-state index contributed by atoms with van der Waals surface area (Å²) in [5, 5.41) is 0. The van der Waals surface area contributed by atoms with Crippen LogP contribution in [0.4, 0.5) is 5.69 Å². The highest BCUT2D eigenvalue weighted by atomic mass is 32.2. The van der Waals surface area contributed by atoms with Gasteiger partial charge in [-0.1, -0.05) is 0 Å². The fourth-order valence-electron chi connectivity index (χ4n) is 2.60. The van der Waals surface area contributed by atoms with Crippen LogP contribution in [0.1, 0.15) is 38.1 Å². The molecule has 0 aliphatic rings. The molecule has 0 saturated heterocycles. The SMILES string of the molecule is CCN(c1ccc(C(=O)N(C)[C@H](C)CS(C)(=O)=O)cc1)C(C)C. The van der Waals surface area contributed by atoms with E-state index in [9.17, 15) is 13.2 Å². The fourth-order valence-corrected chi connectivity index (χ4v) is 3.69. The van der Waals surface area contributed by atoms with Gasteiger partial charge in [-0.15, -0.1) is 0 Å². The zero-order valence-electron chi connectivity index (χ0n) is 14.9. The molecule has 23 heavy (non-hydrogen) atoms. The summed E-state index contributed by atoms with van der Waals surface area (Å²) in [5.41, 5.74) is 1.64. The molecular weight excluding hydrogens is 312 g/mol. The largest absolute Gasteiger partial charge is 0.369 e. The lowest BCUT2D eigenvalue weighted by atomic mass is 10.1. The summed E-state index contributed by atoms with van der Waals surface area (Å²) in [6.45, 7) is 8.99. The molecular formula is C17H28N2O3S. The molecule has 130 valence electrons. The Morgan fingerprint density at radius 2 is 1.65 bits per heavy atom. The molecule has 0 saturated carbocycles. The van der Waals surface area contributed by atoms with Crippen LogP contribution in [0.5, 0.6) is 0 Å². The van der Waals surface area contributed by atoms with Gasteiger partial charge in [-0.05, 0) is 52.0 Å². The Labute approximate surface area is 140 Å². The highest BCUT2D eigenvalue weighted by Gasteiger charge is 2.21. The zero-order valence-corrected chi connectivity index (χ0v) is 15.7. The molecule has 1 aromatic carbocycles. The van der Waals surface area contributed by atoms with Gasteiger partial charge in [-0.3, -0.25) is 4.79 Å². The third kappa shape index (κ3) is 5.53. The molecule has 1 rings (SSSR count). The van der Waals surface area contributed by atoms with E-state index in [4.69, 9.17) is 0 Å². The van der Waals surface area contributed by atoms with E-state index in [1.807, 2.05) is 12.1 Å². The van der Waals surface area contributed by atoms with Crippen LogP contribution in [0.3, 0.4) is 0 Å². The fraction of sp³-hybridized carbons (Fsp3) is 0.588. The van der Waals surface area contributed by atoms with Gasteiger partial charge in [0.25, 0.3) is 5.91 Å². The number of carbonyl (C=O) groups is 1. The Kier molecular flexibility index (Phi) is 6.62. The summed E-state index contributed by atoms with van der Waals surface area (Å²) in [6.07, 6.45) is 1.18. The molecule has 0 bridgehead atoms. The van der Waals surface area contributed by atoms with Crippen molar-refractivity contribution in [1.29, 1.82) is 0 Å². The Morgan fingerprint density at radius 1 is 1.13 bits per heavy atom. The molecule has 0 aliphatic carbocycles. The lowest BCUT2D eigenvalue weighted by Crippen LogP contribution is -2.39. The quantitative estimate of drug-likeness (QED) is 0.765. The third-order valence-electron chi connectivity index (χ3n) is 3.94. The van der Waals surface area contributed by atoms with Gasteiger partial charge in [0.05, 0.1) is 5.75 Å². The van der Waals surface area contributed by atoms with E-state index in [1.54, 1.807) is 26.1 Å². The topological polar surface area (TPSA) is 57.7 Å². The highest BCUT2D eigenvalue weighted by Crippen LogP contribution is 2.18. The molecule has 0 fully saturated rings. The van der Waals surface area contributed by atoms with Crippen LogP contribution in [0, 0.1) is 0 Å². The smallest absolute Gasteiger partial charge is 0.253 e. The molecule has 0 unspecified atom stereocenters. The van der Waals surface area contributed by atoms with E-state index >= 15 is 0 Å². The molecule has 1 atom stereocenters. The number of sulfone groups is 1. The molecule has 1 aromatic rings. The molecule has 0 heterocycles. The van der Waals surface area contributed by atoms with Crippen molar-refractivity contribution >= 4 is 21.4 Å². The summed E-state index contributed by atoms with van der Waals surface area (Å²) in [5.74, 6) is -0.204. The summed E-state index contributed by atoms with van der Waals surface area (Å²) in [7, 11) is -1.48. The predicted octanol–water partition coefficient (Wildman–Crippen LogP) is 2.43. The van der Waals surface area contributed by atoms with Gasteiger partial charge in [-0.25, -0.2) is 8.42 Å². The van der Waals surface area contributed by atoms with E-state index in [0.717, 1.165) is 12.2 Å². The Hall–Kier alpha value is -1.56. The molecule has 5 nitrogen and oxygen atoms in total. The first-order chi connectivity index (χ1) is 10.6. The van der Waals surface area contributed by atoms with Crippen LogP contribution < -0.4 is 4.90 Å². The van der Waals surface area contributed by atoms with Crippen molar-refractivity contribution in [1.82, 2.24) is 4.90 Å². The van der Waals surface area contributed by atoms with Crippen LogP contribution in [-0.4, -0.2) is 56.9 Å². The van der Waals surface area contributed by atoms with Crippen molar-refractivity contribution in [3.05, 3.63) is 29.8 Å². The lowest BCUT2D eigenvalue weighted by Gasteiger charge is -2.28. The minimum absolute atomic E-state index is 0.0374. The molecule has 0 aromatic heterocycles. The highest BCUT2D eigenvalue weighted by molar-refractivity contribution is 7.90. The number of anilines is 1. The van der Waals surface area contributed by atoms with Crippen molar-refractivity contribution in [3.8, 4) is 0 Å². The van der Waals surface area contributed by atoms with Gasteiger partial charge in [0, 0.05) is 43.2 Å². The van der Waals surface area contributed by atoms with Gasteiger partial charge in [0.15, 0.2) is 0 Å². The first-order valence-electron chi connectivity index (χ1n) is 7.88. The van der Waals surface area contributed by atoms with Gasteiger partial charge in [0.2, 0.25) is 0 Å². The molecule has 6 heteroatoms. The van der Waals surface area contributed by atoms with Gasteiger partial charge >= 0.3 is 0 Å². The summed E-state index contributed by atoms with van der Waals surface area (Å²) in [6, 6.07) is 7.50. The Balaban J connectivity index is 2.89. The average molecular weight is 340 g/mol. The Bertz CT molecular complexity index is 624. The second-order valence-electron chi connectivity index (χ2n) is 6.28. The second kappa shape index (κ2) is 7.81. The number of hydrogen-bond acceptors (Lipinski definition) is 4. The number of rotatable bonds is 7. The van der Waals surface area contributed by atoms with Gasteiger partial charge in [0.1, 0.15) is 9.84 Å². The van der Waals surface area contributed by atoms with Crippen LogP contribution in [-0.2, 0) is 9.84 Å². The minimum atomic E-state index is -3.12. The van der Waals surface area contributed by atoms with E-state index in [-0.39, 0.29) is 17.7 Å². The summed E-state index contributed by atoms with van der Waals surface area (Å²) < 4.78 is 22.8. The van der Waals surface area contributed by atoms with Crippen LogP contribution in [0.25, 0.3) is 0 Å². The predicted molar refractivity (Wildman–Crippen MR) is 95.9 cm³/mol. The Morgan fingerprint density at radius 3 is 2.04 bits per heavy atom. The van der Waals surface area contributed by atoms with E-state index < -0.39 is 9.84 Å². The van der Waals surface area contributed by atoms with E-state index in [0.29, 0.717) is 11.6 Å². The summed E-state index contributed by atoms with van der Waals surface area (Å²) in [4.78, 5) is 16.2. The van der Waals surface area contributed by atoms with Crippen LogP contribution >= 0.6 is 0 Å². The number of nitrogens with zero attached hydrogens (tertiary/aromatic N) is 2. The molecule has 0 radical (unpaired) electrons. The first kappa shape index (κ1) is 19.5. The van der Waals surface area contributed by atoms with Crippen LogP contribution in [0.2, 0.25) is 0 Å². The van der Waals surface area contributed by atoms with Crippen molar-refractivity contribution < 1.29 is 13.2 Å². The first-order valence-corrected chi connectivity index (χ1v) is 9.94. The maximum Gasteiger partial charge on any atom is 0.253 e. The number of benzene rings is 1.